The summed E-state index contributed by atoms with van der Waals surface area (Å²) in [4.78, 5) is 27.8. The summed E-state index contributed by atoms with van der Waals surface area (Å²) >= 11 is 0. The Hall–Kier alpha value is -2.34. The summed E-state index contributed by atoms with van der Waals surface area (Å²) in [5.41, 5.74) is 2.85. The van der Waals surface area contributed by atoms with E-state index in [0.717, 1.165) is 42.1 Å². The first-order valence-corrected chi connectivity index (χ1v) is 11.5. The van der Waals surface area contributed by atoms with Crippen molar-refractivity contribution >= 4 is 22.7 Å². The lowest BCUT2D eigenvalue weighted by atomic mass is 9.90. The second-order valence-electron chi connectivity index (χ2n) is 10.5. The molecule has 2 aliphatic heterocycles. The Morgan fingerprint density at radius 2 is 1.81 bits per heavy atom. The molecule has 2 N–H and O–H groups in total. The fourth-order valence-corrected chi connectivity index (χ4v) is 5.62. The molecule has 2 fully saturated rings. The minimum Gasteiger partial charge on any atom is -0.352 e. The molecular formula is C25H36N4O2. The molecule has 0 spiro atoms. The Kier molecular flexibility index (Phi) is 5.86. The molecule has 6 heteroatoms. The zero-order valence-electron chi connectivity index (χ0n) is 19.5. The number of aryl methyl sites for hydroxylation is 2. The number of hydrogen-bond acceptors (Lipinski definition) is 3. The van der Waals surface area contributed by atoms with Crippen molar-refractivity contribution in [3.8, 4) is 0 Å². The van der Waals surface area contributed by atoms with Gasteiger partial charge in [0.25, 0.3) is 5.91 Å². The standard InChI is InChI=1S/C25H36N4O2/c1-16-7-6-8-20-21(14-28(5)23(16)20)24(31)26-13-17-11-18-9-10-19(12-17)29(18)15-22(30)27-25(2,3)4/h6-8,14,17-19H,9-13,15H2,1-5H3,(H,26,31)(H,27,30). The number of carbonyl (C=O) groups excluding carboxylic acids is 2. The van der Waals surface area contributed by atoms with E-state index < -0.39 is 0 Å². The van der Waals surface area contributed by atoms with E-state index in [-0.39, 0.29) is 17.4 Å². The molecule has 2 atom stereocenters. The molecule has 2 bridgehead atoms. The zero-order chi connectivity index (χ0) is 22.3. The second-order valence-corrected chi connectivity index (χ2v) is 10.5. The van der Waals surface area contributed by atoms with Gasteiger partial charge in [-0.3, -0.25) is 14.5 Å². The van der Waals surface area contributed by atoms with Crippen molar-refractivity contribution in [3.05, 3.63) is 35.5 Å². The number of hydrogen-bond donors (Lipinski definition) is 2. The van der Waals surface area contributed by atoms with Crippen molar-refractivity contribution in [1.29, 1.82) is 0 Å². The molecule has 3 heterocycles. The summed E-state index contributed by atoms with van der Waals surface area (Å²) in [5, 5.41) is 7.30. The summed E-state index contributed by atoms with van der Waals surface area (Å²) in [7, 11) is 2.00. The summed E-state index contributed by atoms with van der Waals surface area (Å²) in [6, 6.07) is 7.02. The SMILES string of the molecule is Cc1cccc2c(C(=O)NCC3CC4CCC(C3)N4CC(=O)NC(C)(C)C)cn(C)c12. The fraction of sp³-hybridized carbons (Fsp3) is 0.600. The lowest BCUT2D eigenvalue weighted by Crippen LogP contribution is -2.52. The molecule has 0 radical (unpaired) electrons. The van der Waals surface area contributed by atoms with Crippen LogP contribution >= 0.6 is 0 Å². The first kappa shape index (κ1) is 21.9. The topological polar surface area (TPSA) is 66.4 Å². The maximum Gasteiger partial charge on any atom is 0.253 e. The first-order valence-electron chi connectivity index (χ1n) is 11.5. The third-order valence-corrected chi connectivity index (χ3v) is 6.82. The molecule has 168 valence electrons. The van der Waals surface area contributed by atoms with Gasteiger partial charge in [-0.15, -0.1) is 0 Å². The number of benzene rings is 1. The number of amides is 2. The Balaban J connectivity index is 1.35. The minimum atomic E-state index is -0.196. The number of nitrogens with zero attached hydrogens (tertiary/aromatic N) is 2. The van der Waals surface area contributed by atoms with Crippen molar-refractivity contribution in [2.75, 3.05) is 13.1 Å². The number of rotatable bonds is 5. The number of piperidine rings is 1. The van der Waals surface area contributed by atoms with Crippen molar-refractivity contribution in [2.24, 2.45) is 13.0 Å². The van der Waals surface area contributed by atoms with Crippen molar-refractivity contribution < 1.29 is 9.59 Å². The van der Waals surface area contributed by atoms with E-state index >= 15 is 0 Å². The molecule has 4 rings (SSSR count). The number of carbonyl (C=O) groups is 2. The summed E-state index contributed by atoms with van der Waals surface area (Å²) in [6.07, 6.45) is 6.34. The molecule has 2 unspecified atom stereocenters. The van der Waals surface area contributed by atoms with E-state index in [2.05, 4.69) is 28.5 Å². The van der Waals surface area contributed by atoms with E-state index in [1.54, 1.807) is 0 Å². The van der Waals surface area contributed by atoms with Gasteiger partial charge in [0, 0.05) is 42.8 Å². The third kappa shape index (κ3) is 4.64. The predicted molar refractivity (Wildman–Crippen MR) is 124 cm³/mol. The molecule has 2 saturated heterocycles. The second kappa shape index (κ2) is 8.30. The van der Waals surface area contributed by atoms with E-state index in [1.165, 1.54) is 5.56 Å². The van der Waals surface area contributed by atoms with Crippen LogP contribution in [0.25, 0.3) is 10.9 Å². The predicted octanol–water partition coefficient (Wildman–Crippen LogP) is 3.37. The summed E-state index contributed by atoms with van der Waals surface area (Å²) < 4.78 is 2.04. The highest BCUT2D eigenvalue weighted by atomic mass is 16.2. The molecular weight excluding hydrogens is 388 g/mol. The van der Waals surface area contributed by atoms with Crippen LogP contribution in [0.3, 0.4) is 0 Å². The number of para-hydroxylation sites is 1. The molecule has 1 aromatic heterocycles. The normalized spacial score (nSPS) is 23.8. The van der Waals surface area contributed by atoms with E-state index in [4.69, 9.17) is 0 Å². The smallest absolute Gasteiger partial charge is 0.253 e. The van der Waals surface area contributed by atoms with Crippen LogP contribution in [-0.2, 0) is 11.8 Å². The third-order valence-electron chi connectivity index (χ3n) is 6.82. The molecule has 0 saturated carbocycles. The maximum absolute atomic E-state index is 13.0. The van der Waals surface area contributed by atoms with E-state index in [9.17, 15) is 9.59 Å². The van der Waals surface area contributed by atoms with Gasteiger partial charge < -0.3 is 15.2 Å². The quantitative estimate of drug-likeness (QED) is 0.773. The minimum absolute atomic E-state index is 0.00975. The first-order chi connectivity index (χ1) is 14.6. The number of aromatic nitrogens is 1. The molecule has 2 aromatic rings. The molecule has 31 heavy (non-hydrogen) atoms. The van der Waals surface area contributed by atoms with Gasteiger partial charge in [-0.25, -0.2) is 0 Å². The van der Waals surface area contributed by atoms with Gasteiger partial charge in [0.1, 0.15) is 0 Å². The Labute approximate surface area is 185 Å². The molecule has 2 aliphatic rings. The zero-order valence-corrected chi connectivity index (χ0v) is 19.5. The largest absolute Gasteiger partial charge is 0.352 e. The highest BCUT2D eigenvalue weighted by molar-refractivity contribution is 6.07. The van der Waals surface area contributed by atoms with Gasteiger partial charge in [-0.2, -0.15) is 0 Å². The summed E-state index contributed by atoms with van der Waals surface area (Å²) in [5.74, 6) is 0.595. The average Bonchev–Trinajstić information content (AvgIpc) is 3.12. The lowest BCUT2D eigenvalue weighted by molar-refractivity contribution is -0.125. The maximum atomic E-state index is 13.0. The van der Waals surface area contributed by atoms with Gasteiger partial charge in [-0.1, -0.05) is 18.2 Å². The highest BCUT2D eigenvalue weighted by Gasteiger charge is 2.41. The Morgan fingerprint density at radius 1 is 1.13 bits per heavy atom. The monoisotopic (exact) mass is 424 g/mol. The van der Waals surface area contributed by atoms with Crippen LogP contribution in [0.5, 0.6) is 0 Å². The lowest BCUT2D eigenvalue weighted by Gasteiger charge is -2.39. The van der Waals surface area contributed by atoms with Crippen LogP contribution < -0.4 is 10.6 Å². The van der Waals surface area contributed by atoms with Crippen LogP contribution in [0.2, 0.25) is 0 Å². The van der Waals surface area contributed by atoms with Gasteiger partial charge in [-0.05, 0) is 64.9 Å². The molecule has 0 aliphatic carbocycles. The highest BCUT2D eigenvalue weighted by Crippen LogP contribution is 2.38. The van der Waals surface area contributed by atoms with Crippen molar-refractivity contribution in [1.82, 2.24) is 20.1 Å². The van der Waals surface area contributed by atoms with Crippen LogP contribution in [0, 0.1) is 12.8 Å². The molecule has 1 aromatic carbocycles. The summed E-state index contributed by atoms with van der Waals surface area (Å²) in [6.45, 7) is 9.33. The van der Waals surface area contributed by atoms with Crippen molar-refractivity contribution in [3.63, 3.8) is 0 Å². The van der Waals surface area contributed by atoms with Crippen molar-refractivity contribution in [2.45, 2.75) is 71.0 Å². The fourth-order valence-electron chi connectivity index (χ4n) is 5.62. The van der Waals surface area contributed by atoms with Crippen LogP contribution in [0.1, 0.15) is 62.4 Å². The number of fused-ring (bicyclic) bond motifs is 3. The van der Waals surface area contributed by atoms with Gasteiger partial charge in [0.05, 0.1) is 17.6 Å². The van der Waals surface area contributed by atoms with Gasteiger partial charge >= 0.3 is 0 Å². The Bertz CT molecular complexity index is 973. The van der Waals surface area contributed by atoms with E-state index in [0.29, 0.717) is 31.1 Å². The van der Waals surface area contributed by atoms with Crippen LogP contribution in [0.15, 0.2) is 24.4 Å². The van der Waals surface area contributed by atoms with E-state index in [1.807, 2.05) is 50.7 Å². The van der Waals surface area contributed by atoms with Crippen LogP contribution in [0.4, 0.5) is 0 Å². The van der Waals surface area contributed by atoms with Crippen LogP contribution in [-0.4, -0.2) is 52.0 Å². The molecule has 6 nitrogen and oxygen atoms in total. The average molecular weight is 425 g/mol. The molecule has 2 amide bonds. The number of nitrogens with one attached hydrogen (secondary N) is 2. The van der Waals surface area contributed by atoms with Gasteiger partial charge in [0.15, 0.2) is 0 Å². The van der Waals surface area contributed by atoms with Gasteiger partial charge in [0.2, 0.25) is 5.91 Å². The Morgan fingerprint density at radius 3 is 2.45 bits per heavy atom.